The zero-order chi connectivity index (χ0) is 24.6. The maximum Gasteiger partial charge on any atom is 0.407 e. The second kappa shape index (κ2) is 11.4. The molecule has 2 aromatic carbocycles. The van der Waals surface area contributed by atoms with Gasteiger partial charge in [0.2, 0.25) is 0 Å². The molecule has 2 rings (SSSR count). The van der Waals surface area contributed by atoms with E-state index in [1.807, 2.05) is 32.9 Å². The zero-order valence-corrected chi connectivity index (χ0v) is 20.1. The third-order valence-electron chi connectivity index (χ3n) is 4.31. The summed E-state index contributed by atoms with van der Waals surface area (Å²) >= 11 is 0. The fraction of sp³-hybridized carbons (Fsp3) is 0.440. The van der Waals surface area contributed by atoms with Crippen molar-refractivity contribution >= 4 is 17.7 Å². The maximum absolute atomic E-state index is 12.0. The van der Waals surface area contributed by atoms with E-state index in [0.717, 1.165) is 5.56 Å². The number of carbonyl (C=O) groups is 2. The van der Waals surface area contributed by atoms with Crippen molar-refractivity contribution in [3.63, 3.8) is 0 Å². The predicted octanol–water partition coefficient (Wildman–Crippen LogP) is 5.14. The lowest BCUT2D eigenvalue weighted by Gasteiger charge is -2.20. The zero-order valence-electron chi connectivity index (χ0n) is 20.1. The Labute approximate surface area is 195 Å². The van der Waals surface area contributed by atoms with Crippen molar-refractivity contribution in [2.75, 3.05) is 11.9 Å². The monoisotopic (exact) mass is 458 g/mol. The first kappa shape index (κ1) is 25.8. The van der Waals surface area contributed by atoms with Crippen molar-refractivity contribution in [3.8, 4) is 11.5 Å². The Balaban J connectivity index is 2.11. The molecule has 180 valence electrons. The van der Waals surface area contributed by atoms with Gasteiger partial charge in [0, 0.05) is 12.2 Å². The second-order valence-corrected chi connectivity index (χ2v) is 8.77. The van der Waals surface area contributed by atoms with Gasteiger partial charge in [0.25, 0.3) is 0 Å². The first-order valence-corrected chi connectivity index (χ1v) is 11.0. The number of rotatable bonds is 10. The van der Waals surface area contributed by atoms with Crippen molar-refractivity contribution < 1.29 is 28.9 Å². The molecule has 0 fully saturated rings. The standard InChI is InChI=1S/C25H34N2O6/c1-7-31-21-14-18(10-13-20(21)32-16(2)3)22(23(28)29)27-19-11-8-17(9-12-19)15-26-24(30)33-25(4,5)6/h8-14,16,22,27H,7,15H2,1-6H3,(H,26,30)(H,28,29). The maximum atomic E-state index is 12.0. The highest BCUT2D eigenvalue weighted by Gasteiger charge is 2.22. The Bertz CT molecular complexity index is 935. The van der Waals surface area contributed by atoms with Gasteiger partial charge in [-0.1, -0.05) is 18.2 Å². The van der Waals surface area contributed by atoms with E-state index in [-0.39, 0.29) is 6.10 Å². The lowest BCUT2D eigenvalue weighted by Crippen LogP contribution is -2.32. The fourth-order valence-electron chi connectivity index (χ4n) is 2.99. The number of carboxylic acids is 1. The summed E-state index contributed by atoms with van der Waals surface area (Å²) in [4.78, 5) is 23.8. The lowest BCUT2D eigenvalue weighted by atomic mass is 10.1. The van der Waals surface area contributed by atoms with Crippen LogP contribution in [0.25, 0.3) is 0 Å². The van der Waals surface area contributed by atoms with Crippen molar-refractivity contribution in [2.45, 2.75) is 65.8 Å². The molecule has 0 aliphatic carbocycles. The Hall–Kier alpha value is -3.42. The summed E-state index contributed by atoms with van der Waals surface area (Å²) in [5.41, 5.74) is 1.46. The summed E-state index contributed by atoms with van der Waals surface area (Å²) in [5.74, 6) is 0.0486. The summed E-state index contributed by atoms with van der Waals surface area (Å²) in [6.45, 7) is 11.8. The molecule has 3 N–H and O–H groups in total. The molecule has 33 heavy (non-hydrogen) atoms. The minimum absolute atomic E-state index is 0.0354. The smallest absolute Gasteiger partial charge is 0.407 e. The highest BCUT2D eigenvalue weighted by molar-refractivity contribution is 5.79. The Morgan fingerprint density at radius 3 is 2.24 bits per heavy atom. The second-order valence-electron chi connectivity index (χ2n) is 8.77. The average molecular weight is 459 g/mol. The molecule has 0 aliphatic rings. The largest absolute Gasteiger partial charge is 0.490 e. The highest BCUT2D eigenvalue weighted by atomic mass is 16.6. The third-order valence-corrected chi connectivity index (χ3v) is 4.31. The van der Waals surface area contributed by atoms with Crippen LogP contribution < -0.4 is 20.1 Å². The first-order chi connectivity index (χ1) is 15.5. The van der Waals surface area contributed by atoms with Crippen molar-refractivity contribution in [3.05, 3.63) is 53.6 Å². The van der Waals surface area contributed by atoms with Gasteiger partial charge in [-0.25, -0.2) is 9.59 Å². The van der Waals surface area contributed by atoms with Gasteiger partial charge in [0.05, 0.1) is 12.7 Å². The van der Waals surface area contributed by atoms with Crippen LogP contribution in [0, 0.1) is 0 Å². The minimum Gasteiger partial charge on any atom is -0.490 e. The number of hydrogen-bond acceptors (Lipinski definition) is 6. The van der Waals surface area contributed by atoms with Crippen molar-refractivity contribution in [1.82, 2.24) is 5.32 Å². The van der Waals surface area contributed by atoms with Gasteiger partial charge in [0.1, 0.15) is 5.60 Å². The Morgan fingerprint density at radius 2 is 1.70 bits per heavy atom. The van der Waals surface area contributed by atoms with Crippen LogP contribution in [0.4, 0.5) is 10.5 Å². The normalized spacial score (nSPS) is 12.1. The molecule has 0 spiro atoms. The predicted molar refractivity (Wildman–Crippen MR) is 127 cm³/mol. The minimum atomic E-state index is -1.02. The summed E-state index contributed by atoms with van der Waals surface area (Å²) in [6.07, 6.45) is -0.530. The lowest BCUT2D eigenvalue weighted by molar-refractivity contribution is -0.138. The van der Waals surface area contributed by atoms with Gasteiger partial charge in [-0.05, 0) is 76.9 Å². The number of nitrogens with one attached hydrogen (secondary N) is 2. The van der Waals surface area contributed by atoms with Gasteiger partial charge in [-0.15, -0.1) is 0 Å². The number of benzene rings is 2. The van der Waals surface area contributed by atoms with E-state index < -0.39 is 23.7 Å². The topological polar surface area (TPSA) is 106 Å². The van der Waals surface area contributed by atoms with Crippen LogP contribution in [-0.4, -0.2) is 35.5 Å². The molecule has 0 bridgehead atoms. The van der Waals surface area contributed by atoms with Crippen LogP contribution in [0.3, 0.4) is 0 Å². The number of amides is 1. The number of anilines is 1. The van der Waals surface area contributed by atoms with E-state index in [9.17, 15) is 14.7 Å². The molecular formula is C25H34N2O6. The van der Waals surface area contributed by atoms with E-state index in [1.165, 1.54) is 0 Å². The molecule has 8 nitrogen and oxygen atoms in total. The van der Waals surface area contributed by atoms with Crippen LogP contribution in [0.1, 0.15) is 58.7 Å². The molecule has 0 heterocycles. The molecule has 0 saturated carbocycles. The van der Waals surface area contributed by atoms with Crippen LogP contribution >= 0.6 is 0 Å². The van der Waals surface area contributed by atoms with Gasteiger partial charge in [-0.2, -0.15) is 0 Å². The molecular weight excluding hydrogens is 424 g/mol. The van der Waals surface area contributed by atoms with E-state index in [0.29, 0.717) is 35.9 Å². The number of aliphatic carboxylic acids is 1. The molecule has 0 aromatic heterocycles. The van der Waals surface area contributed by atoms with Gasteiger partial charge < -0.3 is 30.0 Å². The fourth-order valence-corrected chi connectivity index (χ4v) is 2.99. The SMILES string of the molecule is CCOc1cc(C(Nc2ccc(CNC(=O)OC(C)(C)C)cc2)C(=O)O)ccc1OC(C)C. The molecule has 1 atom stereocenters. The van der Waals surface area contributed by atoms with Gasteiger partial charge in [0.15, 0.2) is 17.5 Å². The summed E-state index contributed by atoms with van der Waals surface area (Å²) in [7, 11) is 0. The summed E-state index contributed by atoms with van der Waals surface area (Å²) in [6, 6.07) is 11.3. The molecule has 0 saturated heterocycles. The van der Waals surface area contributed by atoms with E-state index in [2.05, 4.69) is 10.6 Å². The van der Waals surface area contributed by atoms with Crippen molar-refractivity contribution in [1.29, 1.82) is 0 Å². The molecule has 2 aromatic rings. The quantitative estimate of drug-likeness (QED) is 0.453. The average Bonchev–Trinajstić information content (AvgIpc) is 2.71. The van der Waals surface area contributed by atoms with E-state index in [4.69, 9.17) is 14.2 Å². The Kier molecular flexibility index (Phi) is 8.96. The van der Waals surface area contributed by atoms with Gasteiger partial charge in [-0.3, -0.25) is 0 Å². The molecule has 0 radical (unpaired) electrons. The van der Waals surface area contributed by atoms with Crippen molar-refractivity contribution in [2.24, 2.45) is 0 Å². The molecule has 0 aliphatic heterocycles. The first-order valence-electron chi connectivity index (χ1n) is 11.0. The Morgan fingerprint density at radius 1 is 1.03 bits per heavy atom. The number of ether oxygens (including phenoxy) is 3. The molecule has 1 amide bonds. The van der Waals surface area contributed by atoms with Gasteiger partial charge >= 0.3 is 12.1 Å². The van der Waals surface area contributed by atoms with E-state index >= 15 is 0 Å². The molecule has 8 heteroatoms. The highest BCUT2D eigenvalue weighted by Crippen LogP contribution is 2.32. The van der Waals surface area contributed by atoms with Crippen LogP contribution in [-0.2, 0) is 16.1 Å². The van der Waals surface area contributed by atoms with E-state index in [1.54, 1.807) is 51.1 Å². The molecule has 1 unspecified atom stereocenters. The van der Waals surface area contributed by atoms with Crippen LogP contribution in [0.5, 0.6) is 11.5 Å². The van der Waals surface area contributed by atoms with Crippen LogP contribution in [0.2, 0.25) is 0 Å². The number of hydrogen-bond donors (Lipinski definition) is 3. The number of alkyl carbamates (subject to hydrolysis) is 1. The summed E-state index contributed by atoms with van der Waals surface area (Å²) < 4.78 is 16.6. The number of carboxylic acid groups (broad SMARTS) is 1. The summed E-state index contributed by atoms with van der Waals surface area (Å²) in [5, 5.41) is 15.6. The van der Waals surface area contributed by atoms with Crippen LogP contribution in [0.15, 0.2) is 42.5 Å². The number of carbonyl (C=O) groups excluding carboxylic acids is 1. The third kappa shape index (κ3) is 8.56.